The lowest BCUT2D eigenvalue weighted by atomic mass is 9.89. The van der Waals surface area contributed by atoms with Crippen molar-refractivity contribution in [2.75, 3.05) is 0 Å². The van der Waals surface area contributed by atoms with Crippen LogP contribution in [0.2, 0.25) is 0 Å². The second-order valence-electron chi connectivity index (χ2n) is 8.25. The number of fused-ring (bicyclic) bond motifs is 3. The lowest BCUT2D eigenvalue weighted by molar-refractivity contribution is 0.0698. The van der Waals surface area contributed by atoms with Gasteiger partial charge >= 0.3 is 5.97 Å². The molecule has 1 heterocycles. The van der Waals surface area contributed by atoms with E-state index in [0.717, 1.165) is 48.6 Å². The van der Waals surface area contributed by atoms with Gasteiger partial charge in [0.15, 0.2) is 0 Å². The zero-order valence-electron chi connectivity index (χ0n) is 17.4. The van der Waals surface area contributed by atoms with Crippen molar-refractivity contribution in [3.63, 3.8) is 0 Å². The van der Waals surface area contributed by atoms with Gasteiger partial charge in [0.1, 0.15) is 0 Å². The highest BCUT2D eigenvalue weighted by Crippen LogP contribution is 2.41. The molecule has 1 unspecified atom stereocenters. The second-order valence-corrected chi connectivity index (χ2v) is 8.25. The normalized spacial score (nSPS) is 16.2. The van der Waals surface area contributed by atoms with Crippen LogP contribution in [-0.2, 0) is 13.0 Å². The third-order valence-corrected chi connectivity index (χ3v) is 6.28. The quantitative estimate of drug-likeness (QED) is 0.561. The zero-order valence-corrected chi connectivity index (χ0v) is 17.4. The molecule has 0 fully saturated rings. The summed E-state index contributed by atoms with van der Waals surface area (Å²) in [5.41, 5.74) is 10.6. The molecule has 2 aromatic carbocycles. The van der Waals surface area contributed by atoms with Crippen molar-refractivity contribution >= 4 is 22.8 Å². The van der Waals surface area contributed by atoms with Crippen LogP contribution in [0.15, 0.2) is 42.5 Å². The number of carboxylic acids is 1. The van der Waals surface area contributed by atoms with Crippen LogP contribution >= 0.6 is 0 Å². The van der Waals surface area contributed by atoms with Gasteiger partial charge in [0.25, 0.3) is 0 Å². The van der Waals surface area contributed by atoms with Crippen molar-refractivity contribution in [3.8, 4) is 0 Å². The molecule has 1 amide bonds. The van der Waals surface area contributed by atoms with Crippen LogP contribution in [0.1, 0.15) is 82.5 Å². The summed E-state index contributed by atoms with van der Waals surface area (Å²) >= 11 is 0. The van der Waals surface area contributed by atoms with E-state index in [2.05, 4.69) is 17.6 Å². The summed E-state index contributed by atoms with van der Waals surface area (Å²) in [4.78, 5) is 23.7. The van der Waals surface area contributed by atoms with Crippen molar-refractivity contribution in [1.29, 1.82) is 0 Å². The lowest BCUT2D eigenvalue weighted by Crippen LogP contribution is -2.12. The fourth-order valence-corrected chi connectivity index (χ4v) is 5.03. The van der Waals surface area contributed by atoms with Gasteiger partial charge in [-0.2, -0.15) is 0 Å². The molecule has 5 heteroatoms. The zero-order chi connectivity index (χ0) is 21.3. The number of aromatic carboxylic acids is 1. The highest BCUT2D eigenvalue weighted by molar-refractivity contribution is 6.04. The molecular weight excluding hydrogens is 376 g/mol. The molecule has 0 saturated heterocycles. The minimum Gasteiger partial charge on any atom is -0.478 e. The van der Waals surface area contributed by atoms with E-state index in [0.29, 0.717) is 23.6 Å². The molecule has 1 aromatic heterocycles. The molecule has 3 aromatic rings. The highest BCUT2D eigenvalue weighted by Gasteiger charge is 2.28. The molecule has 0 spiro atoms. The summed E-state index contributed by atoms with van der Waals surface area (Å²) < 4.78 is 2.18. The Bertz CT molecular complexity index is 1110. The summed E-state index contributed by atoms with van der Waals surface area (Å²) in [6.07, 6.45) is 6.60. The van der Waals surface area contributed by atoms with E-state index in [9.17, 15) is 14.7 Å². The molecule has 5 nitrogen and oxygen atoms in total. The number of nitrogens with two attached hydrogens (primary N) is 1. The van der Waals surface area contributed by atoms with Gasteiger partial charge in [-0.1, -0.05) is 44.0 Å². The molecule has 0 radical (unpaired) electrons. The number of para-hydroxylation sites is 1. The molecule has 1 aliphatic carbocycles. The number of rotatable bonds is 6. The Balaban J connectivity index is 1.96. The maximum absolute atomic E-state index is 12.1. The number of hydrogen-bond donors (Lipinski definition) is 2. The van der Waals surface area contributed by atoms with E-state index in [1.165, 1.54) is 17.7 Å². The van der Waals surface area contributed by atoms with Gasteiger partial charge in [-0.25, -0.2) is 4.79 Å². The smallest absolute Gasteiger partial charge is 0.337 e. The molecule has 3 N–H and O–H groups in total. The van der Waals surface area contributed by atoms with E-state index in [-0.39, 0.29) is 0 Å². The predicted molar refractivity (Wildman–Crippen MR) is 118 cm³/mol. The van der Waals surface area contributed by atoms with Crippen LogP contribution in [0.25, 0.3) is 10.9 Å². The number of carbonyl (C=O) groups is 2. The minimum atomic E-state index is -0.910. The number of primary amides is 1. The summed E-state index contributed by atoms with van der Waals surface area (Å²) in [5.74, 6) is -0.910. The van der Waals surface area contributed by atoms with Gasteiger partial charge in [0, 0.05) is 23.2 Å². The number of carboxylic acid groups (broad SMARTS) is 1. The lowest BCUT2D eigenvalue weighted by Gasteiger charge is -2.16. The molecule has 156 valence electrons. The van der Waals surface area contributed by atoms with E-state index >= 15 is 0 Å². The molecule has 1 aliphatic rings. The van der Waals surface area contributed by atoms with Gasteiger partial charge in [-0.15, -0.1) is 0 Å². The van der Waals surface area contributed by atoms with Crippen molar-refractivity contribution in [2.45, 2.75) is 57.9 Å². The van der Waals surface area contributed by atoms with Crippen molar-refractivity contribution in [1.82, 2.24) is 4.57 Å². The highest BCUT2D eigenvalue weighted by atomic mass is 16.4. The van der Waals surface area contributed by atoms with Gasteiger partial charge in [0.05, 0.1) is 11.1 Å². The fraction of sp³-hybridized carbons (Fsp3) is 0.360. The first-order chi connectivity index (χ1) is 14.5. The summed E-state index contributed by atoms with van der Waals surface area (Å²) in [6.45, 7) is 2.73. The summed E-state index contributed by atoms with van der Waals surface area (Å²) in [5, 5.41) is 11.0. The van der Waals surface area contributed by atoms with Gasteiger partial charge < -0.3 is 15.4 Å². The standard InChI is InChI=1S/C25H28N2O3/c1-2-7-17-9-3-4-13-21-22(17)19-11-6-12-20(25(29)30)23(19)27(21)15-16-8-5-10-18(14-16)24(26)28/h5-6,8,10-12,14,17H,2-4,7,9,13,15H2,1H3,(H2,26,28)(H,29,30). The Morgan fingerprint density at radius 2 is 1.97 bits per heavy atom. The SMILES string of the molecule is CCCC1CCCCc2c1c1cccc(C(=O)O)c1n2Cc1cccc(C(N)=O)c1. The van der Waals surface area contributed by atoms with Crippen LogP contribution in [0.3, 0.4) is 0 Å². The number of carbonyl (C=O) groups excluding carboxylic acids is 1. The van der Waals surface area contributed by atoms with Crippen LogP contribution in [-0.4, -0.2) is 21.6 Å². The largest absolute Gasteiger partial charge is 0.478 e. The first-order valence-corrected chi connectivity index (χ1v) is 10.8. The van der Waals surface area contributed by atoms with Crippen LogP contribution in [0.5, 0.6) is 0 Å². The van der Waals surface area contributed by atoms with Gasteiger partial charge in [-0.05, 0) is 60.9 Å². The number of benzene rings is 2. The molecule has 4 rings (SSSR count). The third-order valence-electron chi connectivity index (χ3n) is 6.28. The first-order valence-electron chi connectivity index (χ1n) is 10.8. The van der Waals surface area contributed by atoms with Crippen LogP contribution < -0.4 is 5.73 Å². The van der Waals surface area contributed by atoms with E-state index in [1.807, 2.05) is 24.3 Å². The average Bonchev–Trinajstić information content (AvgIpc) is 2.89. The predicted octanol–water partition coefficient (Wildman–Crippen LogP) is 5.10. The second kappa shape index (κ2) is 8.34. The number of amides is 1. The Labute approximate surface area is 176 Å². The number of nitrogens with zero attached hydrogens (tertiary/aromatic N) is 1. The molecule has 0 saturated carbocycles. The van der Waals surface area contributed by atoms with E-state index < -0.39 is 11.9 Å². The number of hydrogen-bond acceptors (Lipinski definition) is 2. The van der Waals surface area contributed by atoms with E-state index in [1.54, 1.807) is 12.1 Å². The summed E-state index contributed by atoms with van der Waals surface area (Å²) in [7, 11) is 0. The Kier molecular flexibility index (Phi) is 5.62. The fourth-order valence-electron chi connectivity index (χ4n) is 5.03. The molecule has 30 heavy (non-hydrogen) atoms. The monoisotopic (exact) mass is 404 g/mol. The Morgan fingerprint density at radius 3 is 2.70 bits per heavy atom. The van der Waals surface area contributed by atoms with Gasteiger partial charge in [-0.3, -0.25) is 4.79 Å². The minimum absolute atomic E-state index is 0.335. The summed E-state index contributed by atoms with van der Waals surface area (Å²) in [6, 6.07) is 12.9. The molecule has 0 aliphatic heterocycles. The van der Waals surface area contributed by atoms with Gasteiger partial charge in [0.2, 0.25) is 5.91 Å². The Morgan fingerprint density at radius 1 is 1.17 bits per heavy atom. The van der Waals surface area contributed by atoms with E-state index in [4.69, 9.17) is 5.73 Å². The molecular formula is C25H28N2O3. The van der Waals surface area contributed by atoms with Crippen LogP contribution in [0.4, 0.5) is 0 Å². The molecule has 1 atom stereocenters. The van der Waals surface area contributed by atoms with Crippen LogP contribution in [0, 0.1) is 0 Å². The van der Waals surface area contributed by atoms with Crippen molar-refractivity contribution in [2.24, 2.45) is 5.73 Å². The molecule has 0 bridgehead atoms. The first kappa shape index (κ1) is 20.2. The topological polar surface area (TPSA) is 85.3 Å². The average molecular weight is 405 g/mol. The van der Waals surface area contributed by atoms with Crippen molar-refractivity contribution < 1.29 is 14.7 Å². The third kappa shape index (κ3) is 3.60. The number of aromatic nitrogens is 1. The maximum Gasteiger partial charge on any atom is 0.337 e. The Hall–Kier alpha value is -3.08. The maximum atomic E-state index is 12.1. The van der Waals surface area contributed by atoms with Crippen molar-refractivity contribution in [3.05, 3.63) is 70.4 Å².